The minimum Gasteiger partial charge on any atom is -0.338 e. The molecular weight excluding hydrogens is 254 g/mol. The first-order valence-corrected chi connectivity index (χ1v) is 7.07. The van der Waals surface area contributed by atoms with Crippen molar-refractivity contribution in [2.75, 3.05) is 23.3 Å². The number of rotatable bonds is 3. The number of nitrogens with one attached hydrogen (secondary N) is 2. The summed E-state index contributed by atoms with van der Waals surface area (Å²) in [6.45, 7) is 5.20. The van der Waals surface area contributed by atoms with Crippen molar-refractivity contribution in [1.82, 2.24) is 5.32 Å². The Hall–Kier alpha value is -2.04. The molecule has 0 atom stereocenters. The number of amides is 3. The Morgan fingerprint density at radius 3 is 2.80 bits per heavy atom. The van der Waals surface area contributed by atoms with Crippen molar-refractivity contribution in [2.45, 2.75) is 33.1 Å². The number of anilines is 2. The number of aryl methyl sites for hydroxylation is 1. The van der Waals surface area contributed by atoms with Gasteiger partial charge >= 0.3 is 6.03 Å². The Balaban J connectivity index is 2.13. The number of urea groups is 1. The first-order valence-electron chi connectivity index (χ1n) is 7.07. The number of carbonyl (C=O) groups excluding carboxylic acids is 2. The van der Waals surface area contributed by atoms with E-state index in [1.807, 2.05) is 36.9 Å². The fourth-order valence-electron chi connectivity index (χ4n) is 2.43. The van der Waals surface area contributed by atoms with Gasteiger partial charge in [0.1, 0.15) is 0 Å². The lowest BCUT2D eigenvalue weighted by molar-refractivity contribution is -0.119. The van der Waals surface area contributed by atoms with E-state index in [1.54, 1.807) is 0 Å². The zero-order valence-electron chi connectivity index (χ0n) is 12.0. The van der Waals surface area contributed by atoms with Gasteiger partial charge in [0.15, 0.2) is 0 Å². The Morgan fingerprint density at radius 2 is 2.15 bits per heavy atom. The van der Waals surface area contributed by atoms with Crippen LogP contribution >= 0.6 is 0 Å². The maximum absolute atomic E-state index is 11.9. The Kier molecular flexibility index (Phi) is 4.61. The second-order valence-electron chi connectivity index (χ2n) is 4.99. The Morgan fingerprint density at radius 1 is 1.35 bits per heavy atom. The van der Waals surface area contributed by atoms with E-state index >= 15 is 0 Å². The lowest BCUT2D eigenvalue weighted by Gasteiger charge is -2.28. The molecule has 0 radical (unpaired) electrons. The molecule has 0 saturated carbocycles. The molecule has 0 aromatic heterocycles. The van der Waals surface area contributed by atoms with Gasteiger partial charge in [-0.2, -0.15) is 0 Å². The fraction of sp³-hybridized carbons (Fsp3) is 0.467. The third-order valence-corrected chi connectivity index (χ3v) is 3.41. The molecule has 5 nitrogen and oxygen atoms in total. The predicted molar refractivity (Wildman–Crippen MR) is 80.1 cm³/mol. The van der Waals surface area contributed by atoms with Gasteiger partial charge < -0.3 is 15.5 Å². The number of hydrogen-bond donors (Lipinski definition) is 2. The Bertz CT molecular complexity index is 514. The normalized spacial score (nSPS) is 15.1. The summed E-state index contributed by atoms with van der Waals surface area (Å²) in [6, 6.07) is 5.42. The van der Waals surface area contributed by atoms with Crippen LogP contribution in [-0.2, 0) is 4.79 Å². The summed E-state index contributed by atoms with van der Waals surface area (Å²) in [5, 5.41) is 5.46. The predicted octanol–water partition coefficient (Wildman–Crippen LogP) is 2.65. The molecule has 0 aliphatic carbocycles. The molecule has 0 spiro atoms. The van der Waals surface area contributed by atoms with Crippen molar-refractivity contribution in [3.8, 4) is 0 Å². The third-order valence-electron chi connectivity index (χ3n) is 3.41. The number of carbonyl (C=O) groups is 2. The molecule has 2 N–H and O–H groups in total. The molecule has 0 bridgehead atoms. The van der Waals surface area contributed by atoms with Gasteiger partial charge in [0.25, 0.3) is 0 Å². The molecule has 20 heavy (non-hydrogen) atoms. The summed E-state index contributed by atoms with van der Waals surface area (Å²) in [5.41, 5.74) is 2.67. The van der Waals surface area contributed by atoms with Crippen LogP contribution in [0, 0.1) is 6.92 Å². The van der Waals surface area contributed by atoms with E-state index < -0.39 is 0 Å². The van der Waals surface area contributed by atoms with Crippen molar-refractivity contribution in [3.63, 3.8) is 0 Å². The van der Waals surface area contributed by atoms with Crippen LogP contribution in [0.4, 0.5) is 16.2 Å². The standard InChI is InChI=1S/C15H21N3O2/c1-3-16-15(20)17-12-7-8-13(11(2)10-12)18-9-5-4-6-14(18)19/h7-8,10H,3-6,9H2,1-2H3,(H2,16,17,20). The minimum atomic E-state index is -0.214. The zero-order chi connectivity index (χ0) is 14.5. The summed E-state index contributed by atoms with van der Waals surface area (Å²) in [4.78, 5) is 25.3. The molecular formula is C15H21N3O2. The molecule has 1 saturated heterocycles. The maximum Gasteiger partial charge on any atom is 0.319 e. The number of hydrogen-bond acceptors (Lipinski definition) is 2. The molecule has 1 aliphatic rings. The van der Waals surface area contributed by atoms with Crippen LogP contribution in [0.1, 0.15) is 31.7 Å². The van der Waals surface area contributed by atoms with Crippen molar-refractivity contribution in [3.05, 3.63) is 23.8 Å². The molecule has 0 unspecified atom stereocenters. The summed E-state index contributed by atoms with van der Waals surface area (Å²) < 4.78 is 0. The van der Waals surface area contributed by atoms with Gasteiger partial charge in [-0.1, -0.05) is 0 Å². The minimum absolute atomic E-state index is 0.184. The number of nitrogens with zero attached hydrogens (tertiary/aromatic N) is 1. The quantitative estimate of drug-likeness (QED) is 0.891. The SMILES string of the molecule is CCNC(=O)Nc1ccc(N2CCCCC2=O)c(C)c1. The maximum atomic E-state index is 11.9. The van der Waals surface area contributed by atoms with Gasteiger partial charge in [0.2, 0.25) is 5.91 Å². The number of benzene rings is 1. The summed E-state index contributed by atoms with van der Waals surface area (Å²) >= 11 is 0. The van der Waals surface area contributed by atoms with Gasteiger partial charge in [-0.15, -0.1) is 0 Å². The van der Waals surface area contributed by atoms with E-state index in [0.29, 0.717) is 13.0 Å². The molecule has 1 aromatic rings. The molecule has 5 heteroatoms. The molecule has 108 valence electrons. The monoisotopic (exact) mass is 275 g/mol. The highest BCUT2D eigenvalue weighted by molar-refractivity contribution is 5.95. The summed E-state index contributed by atoms with van der Waals surface area (Å²) in [5.74, 6) is 0.184. The molecule has 1 fully saturated rings. The van der Waals surface area contributed by atoms with Crippen LogP contribution in [-0.4, -0.2) is 25.0 Å². The van der Waals surface area contributed by atoms with Crippen molar-refractivity contribution in [1.29, 1.82) is 0 Å². The van der Waals surface area contributed by atoms with Crippen LogP contribution in [0.25, 0.3) is 0 Å². The van der Waals surface area contributed by atoms with Gasteiger partial charge in [0, 0.05) is 30.9 Å². The summed E-state index contributed by atoms with van der Waals surface area (Å²) in [6.07, 6.45) is 2.65. The molecule has 3 amide bonds. The van der Waals surface area contributed by atoms with Crippen LogP contribution in [0.2, 0.25) is 0 Å². The highest BCUT2D eigenvalue weighted by Crippen LogP contribution is 2.26. The lowest BCUT2D eigenvalue weighted by Crippen LogP contribution is -2.35. The highest BCUT2D eigenvalue weighted by Gasteiger charge is 2.20. The number of piperidine rings is 1. The molecule has 2 rings (SSSR count). The van der Waals surface area contributed by atoms with Crippen LogP contribution in [0.5, 0.6) is 0 Å². The largest absolute Gasteiger partial charge is 0.338 e. The van der Waals surface area contributed by atoms with Crippen LogP contribution in [0.3, 0.4) is 0 Å². The van der Waals surface area contributed by atoms with E-state index in [9.17, 15) is 9.59 Å². The van der Waals surface area contributed by atoms with Gasteiger partial charge in [0.05, 0.1) is 0 Å². The van der Waals surface area contributed by atoms with E-state index in [0.717, 1.165) is 36.3 Å². The van der Waals surface area contributed by atoms with Crippen molar-refractivity contribution in [2.24, 2.45) is 0 Å². The van der Waals surface area contributed by atoms with Crippen molar-refractivity contribution >= 4 is 23.3 Å². The third kappa shape index (κ3) is 3.29. The average Bonchev–Trinajstić information content (AvgIpc) is 2.40. The van der Waals surface area contributed by atoms with Gasteiger partial charge in [-0.05, 0) is 50.5 Å². The second-order valence-corrected chi connectivity index (χ2v) is 4.99. The summed E-state index contributed by atoms with van der Waals surface area (Å²) in [7, 11) is 0. The first-order chi connectivity index (χ1) is 9.61. The van der Waals surface area contributed by atoms with E-state index in [1.165, 1.54) is 0 Å². The van der Waals surface area contributed by atoms with Crippen LogP contribution in [0.15, 0.2) is 18.2 Å². The van der Waals surface area contributed by atoms with Gasteiger partial charge in [-0.3, -0.25) is 4.79 Å². The zero-order valence-corrected chi connectivity index (χ0v) is 12.0. The van der Waals surface area contributed by atoms with E-state index in [4.69, 9.17) is 0 Å². The average molecular weight is 275 g/mol. The lowest BCUT2D eigenvalue weighted by atomic mass is 10.1. The van der Waals surface area contributed by atoms with Gasteiger partial charge in [-0.25, -0.2) is 4.79 Å². The van der Waals surface area contributed by atoms with Crippen molar-refractivity contribution < 1.29 is 9.59 Å². The Labute approximate surface area is 119 Å². The molecule has 1 heterocycles. The van der Waals surface area contributed by atoms with E-state index in [-0.39, 0.29) is 11.9 Å². The molecule has 1 aromatic carbocycles. The highest BCUT2D eigenvalue weighted by atomic mass is 16.2. The van der Waals surface area contributed by atoms with Crippen LogP contribution < -0.4 is 15.5 Å². The van der Waals surface area contributed by atoms with E-state index in [2.05, 4.69) is 10.6 Å². The fourth-order valence-corrected chi connectivity index (χ4v) is 2.43. The molecule has 1 aliphatic heterocycles. The smallest absolute Gasteiger partial charge is 0.319 e. The topological polar surface area (TPSA) is 61.4 Å². The second kappa shape index (κ2) is 6.41. The first kappa shape index (κ1) is 14.4.